The van der Waals surface area contributed by atoms with Crippen LogP contribution >= 0.6 is 23.2 Å². The van der Waals surface area contributed by atoms with E-state index in [4.69, 9.17) is 23.2 Å². The zero-order valence-corrected chi connectivity index (χ0v) is 11.4. The molecule has 2 aromatic carbocycles. The first-order valence-corrected chi connectivity index (χ1v) is 6.13. The van der Waals surface area contributed by atoms with Gasteiger partial charge in [0, 0.05) is 11.1 Å². The van der Waals surface area contributed by atoms with Crippen LogP contribution in [-0.2, 0) is 4.74 Å². The van der Waals surface area contributed by atoms with E-state index in [1.54, 1.807) is 18.2 Å². The molecule has 0 N–H and O–H groups in total. The van der Waals surface area contributed by atoms with Crippen LogP contribution in [0.25, 0.3) is 11.1 Å². The van der Waals surface area contributed by atoms with Gasteiger partial charge < -0.3 is 4.74 Å². The summed E-state index contributed by atoms with van der Waals surface area (Å²) >= 11 is 12.1. The first-order valence-electron chi connectivity index (χ1n) is 5.37. The lowest BCUT2D eigenvalue weighted by Gasteiger charge is -2.12. The smallest absolute Gasteiger partial charge is 0.338 e. The minimum atomic E-state index is -0.648. The van der Waals surface area contributed by atoms with E-state index < -0.39 is 11.8 Å². The van der Waals surface area contributed by atoms with Gasteiger partial charge in [-0.25, -0.2) is 9.18 Å². The van der Waals surface area contributed by atoms with Gasteiger partial charge in [-0.3, -0.25) is 0 Å². The van der Waals surface area contributed by atoms with Gasteiger partial charge in [0.1, 0.15) is 5.82 Å². The minimum absolute atomic E-state index is 0.0463. The lowest BCUT2D eigenvalue weighted by molar-refractivity contribution is 0.0601. The van der Waals surface area contributed by atoms with Crippen LogP contribution < -0.4 is 0 Å². The Balaban J connectivity index is 2.78. The third-order valence-electron chi connectivity index (χ3n) is 2.63. The lowest BCUT2D eigenvalue weighted by Crippen LogP contribution is -2.05. The summed E-state index contributed by atoms with van der Waals surface area (Å²) in [7, 11) is 1.23. The molecule has 0 heterocycles. The van der Waals surface area contributed by atoms with Gasteiger partial charge in [-0.1, -0.05) is 35.3 Å². The van der Waals surface area contributed by atoms with Crippen LogP contribution in [0.4, 0.5) is 4.39 Å². The fourth-order valence-corrected chi connectivity index (χ4v) is 2.38. The van der Waals surface area contributed by atoms with Gasteiger partial charge in [-0.15, -0.1) is 0 Å². The molecular weight excluding hydrogens is 290 g/mol. The Labute approximate surface area is 119 Å². The molecule has 0 radical (unpaired) electrons. The number of carbonyl (C=O) groups excluding carboxylic acids is 1. The molecule has 0 aliphatic rings. The standard InChI is InChI=1S/C14H9Cl2FO2/c1-19-14(18)8-4-2-7-11(17)12(8)13-9(15)5-3-6-10(13)16/h2-7H,1H3. The molecule has 0 saturated carbocycles. The van der Waals surface area contributed by atoms with Crippen molar-refractivity contribution in [3.63, 3.8) is 0 Å². The highest BCUT2D eigenvalue weighted by Crippen LogP contribution is 2.38. The molecule has 0 aromatic heterocycles. The molecular formula is C14H9Cl2FO2. The minimum Gasteiger partial charge on any atom is -0.465 e. The summed E-state index contributed by atoms with van der Waals surface area (Å²) in [6.45, 7) is 0. The largest absolute Gasteiger partial charge is 0.465 e. The molecule has 98 valence electrons. The average molecular weight is 299 g/mol. The lowest BCUT2D eigenvalue weighted by atomic mass is 9.99. The zero-order valence-electron chi connectivity index (χ0n) is 9.91. The molecule has 0 fully saturated rings. The van der Waals surface area contributed by atoms with Crippen LogP contribution in [0.2, 0.25) is 10.0 Å². The maximum Gasteiger partial charge on any atom is 0.338 e. The van der Waals surface area contributed by atoms with Crippen LogP contribution in [-0.4, -0.2) is 13.1 Å². The Bertz CT molecular complexity index is 621. The molecule has 0 unspecified atom stereocenters. The molecule has 0 aliphatic heterocycles. The van der Waals surface area contributed by atoms with Crippen molar-refractivity contribution in [3.05, 3.63) is 57.8 Å². The van der Waals surface area contributed by atoms with Crippen molar-refractivity contribution >= 4 is 29.2 Å². The summed E-state index contributed by atoms with van der Waals surface area (Å²) in [5, 5.41) is 0.533. The molecule has 0 amide bonds. The number of rotatable bonds is 2. The van der Waals surface area contributed by atoms with E-state index in [-0.39, 0.29) is 26.7 Å². The molecule has 0 spiro atoms. The number of hydrogen-bond acceptors (Lipinski definition) is 2. The van der Waals surface area contributed by atoms with Crippen LogP contribution in [0.3, 0.4) is 0 Å². The van der Waals surface area contributed by atoms with E-state index >= 15 is 0 Å². The Hall–Kier alpha value is -1.58. The number of halogens is 3. The van der Waals surface area contributed by atoms with Crippen LogP contribution in [0, 0.1) is 5.82 Å². The predicted molar refractivity (Wildman–Crippen MR) is 73.2 cm³/mol. The monoisotopic (exact) mass is 298 g/mol. The Morgan fingerprint density at radius 1 is 1.05 bits per heavy atom. The number of hydrogen-bond donors (Lipinski definition) is 0. The second-order valence-electron chi connectivity index (χ2n) is 3.75. The SMILES string of the molecule is COC(=O)c1cccc(F)c1-c1c(Cl)cccc1Cl. The van der Waals surface area contributed by atoms with Crippen molar-refractivity contribution in [2.24, 2.45) is 0 Å². The normalized spacial score (nSPS) is 10.3. The van der Waals surface area contributed by atoms with Crippen LogP contribution in [0.1, 0.15) is 10.4 Å². The Morgan fingerprint density at radius 2 is 1.63 bits per heavy atom. The highest BCUT2D eigenvalue weighted by atomic mass is 35.5. The quantitative estimate of drug-likeness (QED) is 0.758. The second kappa shape index (κ2) is 5.59. The molecule has 5 heteroatoms. The predicted octanol–water partition coefficient (Wildman–Crippen LogP) is 4.59. The van der Waals surface area contributed by atoms with Gasteiger partial charge in [0.15, 0.2) is 0 Å². The van der Waals surface area contributed by atoms with Gasteiger partial charge in [-0.05, 0) is 24.3 Å². The summed E-state index contributed by atoms with van der Waals surface area (Å²) in [6, 6.07) is 8.93. The van der Waals surface area contributed by atoms with E-state index in [9.17, 15) is 9.18 Å². The van der Waals surface area contributed by atoms with Gasteiger partial charge in [0.05, 0.1) is 22.7 Å². The maximum atomic E-state index is 14.1. The molecule has 2 aromatic rings. The van der Waals surface area contributed by atoms with Crippen molar-refractivity contribution in [1.82, 2.24) is 0 Å². The van der Waals surface area contributed by atoms with E-state index in [0.29, 0.717) is 0 Å². The summed E-state index contributed by atoms with van der Waals surface area (Å²) in [5.41, 5.74) is 0.409. The van der Waals surface area contributed by atoms with Crippen LogP contribution in [0.5, 0.6) is 0 Å². The molecule has 0 bridgehead atoms. The number of methoxy groups -OCH3 is 1. The fourth-order valence-electron chi connectivity index (χ4n) is 1.79. The summed E-state index contributed by atoms with van der Waals surface area (Å²) in [5.74, 6) is -1.23. The number of ether oxygens (including phenoxy) is 1. The van der Waals surface area contributed by atoms with Gasteiger partial charge in [0.25, 0.3) is 0 Å². The zero-order chi connectivity index (χ0) is 14.0. The van der Waals surface area contributed by atoms with E-state index in [1.807, 2.05) is 0 Å². The van der Waals surface area contributed by atoms with Crippen molar-refractivity contribution in [3.8, 4) is 11.1 Å². The van der Waals surface area contributed by atoms with Crippen molar-refractivity contribution in [2.75, 3.05) is 7.11 Å². The summed E-state index contributed by atoms with van der Waals surface area (Å²) in [6.07, 6.45) is 0. The van der Waals surface area contributed by atoms with E-state index in [2.05, 4.69) is 4.74 Å². The highest BCUT2D eigenvalue weighted by Gasteiger charge is 2.21. The fraction of sp³-hybridized carbons (Fsp3) is 0.0714. The molecule has 2 nitrogen and oxygen atoms in total. The molecule has 2 rings (SSSR count). The van der Waals surface area contributed by atoms with E-state index in [0.717, 1.165) is 0 Å². The number of esters is 1. The van der Waals surface area contributed by atoms with E-state index in [1.165, 1.54) is 25.3 Å². The second-order valence-corrected chi connectivity index (χ2v) is 4.57. The molecule has 0 atom stereocenters. The average Bonchev–Trinajstić information content (AvgIpc) is 2.39. The topological polar surface area (TPSA) is 26.3 Å². The number of carbonyl (C=O) groups is 1. The Kier molecular flexibility index (Phi) is 4.08. The van der Waals surface area contributed by atoms with Crippen molar-refractivity contribution in [2.45, 2.75) is 0 Å². The van der Waals surface area contributed by atoms with Gasteiger partial charge in [-0.2, -0.15) is 0 Å². The van der Waals surface area contributed by atoms with Crippen molar-refractivity contribution in [1.29, 1.82) is 0 Å². The molecule has 0 aliphatic carbocycles. The summed E-state index contributed by atoms with van der Waals surface area (Å²) < 4.78 is 18.7. The Morgan fingerprint density at radius 3 is 2.21 bits per heavy atom. The maximum absolute atomic E-state index is 14.1. The van der Waals surface area contributed by atoms with Gasteiger partial charge >= 0.3 is 5.97 Å². The van der Waals surface area contributed by atoms with Crippen molar-refractivity contribution < 1.29 is 13.9 Å². The highest BCUT2D eigenvalue weighted by molar-refractivity contribution is 6.39. The number of benzene rings is 2. The van der Waals surface area contributed by atoms with Crippen LogP contribution in [0.15, 0.2) is 36.4 Å². The first kappa shape index (κ1) is 13.8. The molecule has 0 saturated heterocycles. The van der Waals surface area contributed by atoms with Gasteiger partial charge in [0.2, 0.25) is 0 Å². The summed E-state index contributed by atoms with van der Waals surface area (Å²) in [4.78, 5) is 11.7. The first-order chi connectivity index (χ1) is 9.06. The molecule has 19 heavy (non-hydrogen) atoms. The third kappa shape index (κ3) is 2.57. The third-order valence-corrected chi connectivity index (χ3v) is 3.26.